The van der Waals surface area contributed by atoms with Gasteiger partial charge in [0.2, 0.25) is 5.91 Å². The predicted molar refractivity (Wildman–Crippen MR) is 107 cm³/mol. The molecule has 28 heavy (non-hydrogen) atoms. The fourth-order valence-corrected chi connectivity index (χ4v) is 4.88. The average molecular weight is 417 g/mol. The molecule has 8 heteroatoms. The first-order valence-electron chi connectivity index (χ1n) is 8.79. The number of nitrogens with zero attached hydrogens (tertiary/aromatic N) is 1. The quantitative estimate of drug-likeness (QED) is 0.766. The summed E-state index contributed by atoms with van der Waals surface area (Å²) >= 11 is 7.15. The number of halogens is 1. The second kappa shape index (κ2) is 7.14. The molecule has 4 rings (SSSR count). The molecule has 2 amide bonds. The van der Waals surface area contributed by atoms with Crippen LogP contribution in [0.1, 0.15) is 19.8 Å². The van der Waals surface area contributed by atoms with Crippen LogP contribution in [0.2, 0.25) is 5.02 Å². The molecule has 2 atom stereocenters. The molecule has 6 nitrogen and oxygen atoms in total. The van der Waals surface area contributed by atoms with Gasteiger partial charge in [0.05, 0.1) is 5.69 Å². The van der Waals surface area contributed by atoms with Crippen LogP contribution < -0.4 is 10.2 Å². The largest absolute Gasteiger partial charge is 0.450 e. The zero-order valence-corrected chi connectivity index (χ0v) is 16.5. The number of nitrogens with one attached hydrogen (secondary N) is 1. The molecule has 0 spiro atoms. The Labute approximate surface area is 171 Å². The highest BCUT2D eigenvalue weighted by Gasteiger charge is 2.58. The van der Waals surface area contributed by atoms with Crippen molar-refractivity contribution in [3.63, 3.8) is 0 Å². The third-order valence-electron chi connectivity index (χ3n) is 4.76. The van der Waals surface area contributed by atoms with Crippen molar-refractivity contribution in [3.05, 3.63) is 53.6 Å². The molecular weight excluding hydrogens is 400 g/mol. The van der Waals surface area contributed by atoms with Crippen LogP contribution in [-0.4, -0.2) is 28.8 Å². The van der Waals surface area contributed by atoms with E-state index < -0.39 is 22.9 Å². The van der Waals surface area contributed by atoms with Crippen LogP contribution in [0.5, 0.6) is 0 Å². The van der Waals surface area contributed by atoms with Crippen molar-refractivity contribution in [2.75, 3.05) is 10.2 Å². The maximum absolute atomic E-state index is 13.0. The number of anilines is 2. The first-order valence-corrected chi connectivity index (χ1v) is 9.99. The van der Waals surface area contributed by atoms with Crippen molar-refractivity contribution in [1.82, 2.24) is 0 Å². The predicted octanol–water partition coefficient (Wildman–Crippen LogP) is 3.84. The molecular formula is C20H17ClN2O4S. The van der Waals surface area contributed by atoms with Crippen molar-refractivity contribution in [2.45, 2.75) is 35.6 Å². The van der Waals surface area contributed by atoms with E-state index in [-0.39, 0.29) is 12.3 Å². The number of carbonyl (C=O) groups excluding carboxylic acids is 3. The smallest absolute Gasteiger partial charge is 0.344 e. The third-order valence-corrected chi connectivity index (χ3v) is 6.47. The van der Waals surface area contributed by atoms with E-state index in [1.807, 2.05) is 24.3 Å². The lowest BCUT2D eigenvalue weighted by Crippen LogP contribution is -2.49. The van der Waals surface area contributed by atoms with Gasteiger partial charge in [0.25, 0.3) is 5.91 Å². The van der Waals surface area contributed by atoms with Gasteiger partial charge in [0, 0.05) is 28.4 Å². The summed E-state index contributed by atoms with van der Waals surface area (Å²) in [5.74, 6) is -1.16. The zero-order chi connectivity index (χ0) is 19.9. The average Bonchev–Trinajstić information content (AvgIpc) is 3.19. The lowest BCUT2D eigenvalue weighted by atomic mass is 10.2. The molecule has 0 saturated carbocycles. The number of ether oxygens (including phenoxy) is 1. The number of amides is 2. The fraction of sp³-hybridized carbons (Fsp3) is 0.250. The first-order chi connectivity index (χ1) is 13.4. The van der Waals surface area contributed by atoms with Crippen LogP contribution in [0.3, 0.4) is 0 Å². The number of benzene rings is 2. The summed E-state index contributed by atoms with van der Waals surface area (Å²) in [4.78, 5) is 39.1. The summed E-state index contributed by atoms with van der Waals surface area (Å²) in [5.41, 5.74) is 1.26. The Hall–Kier alpha value is -2.51. The van der Waals surface area contributed by atoms with Gasteiger partial charge >= 0.3 is 5.97 Å². The number of thioether (sulfide) groups is 1. The van der Waals surface area contributed by atoms with Gasteiger partial charge in [-0.3, -0.25) is 14.5 Å². The molecule has 144 valence electrons. The van der Waals surface area contributed by atoms with E-state index in [1.54, 1.807) is 24.3 Å². The summed E-state index contributed by atoms with van der Waals surface area (Å²) in [6.45, 7) is 1.51. The van der Waals surface area contributed by atoms with E-state index in [1.165, 1.54) is 23.6 Å². The van der Waals surface area contributed by atoms with Gasteiger partial charge in [0.1, 0.15) is 0 Å². The van der Waals surface area contributed by atoms with Crippen LogP contribution in [0, 0.1) is 0 Å². The number of esters is 1. The van der Waals surface area contributed by atoms with Crippen LogP contribution >= 0.6 is 23.4 Å². The molecule has 2 aromatic rings. The topological polar surface area (TPSA) is 75.7 Å². The molecule has 0 aromatic heterocycles. The fourth-order valence-electron chi connectivity index (χ4n) is 3.36. The van der Waals surface area contributed by atoms with Gasteiger partial charge in [-0.2, -0.15) is 0 Å². The molecule has 1 fully saturated rings. The SMILES string of the molecule is C[C@H](OC(=O)[C@]12CCC(=O)N1c1ccccc1S2)C(=O)Nc1ccc(Cl)cc1. The number of para-hydroxylation sites is 1. The first kappa shape index (κ1) is 18.8. The molecule has 1 N–H and O–H groups in total. The maximum atomic E-state index is 13.0. The van der Waals surface area contributed by atoms with Crippen molar-refractivity contribution >= 4 is 52.5 Å². The van der Waals surface area contributed by atoms with E-state index in [4.69, 9.17) is 16.3 Å². The minimum atomic E-state index is -1.14. The lowest BCUT2D eigenvalue weighted by Gasteiger charge is -2.29. The highest BCUT2D eigenvalue weighted by molar-refractivity contribution is 8.02. The van der Waals surface area contributed by atoms with Crippen LogP contribution in [0.15, 0.2) is 53.4 Å². The normalized spacial score (nSPS) is 21.1. The van der Waals surface area contributed by atoms with Crippen LogP contribution in [0.4, 0.5) is 11.4 Å². The number of carbonyl (C=O) groups is 3. The summed E-state index contributed by atoms with van der Waals surface area (Å²) in [6.07, 6.45) is -0.406. The van der Waals surface area contributed by atoms with Crippen molar-refractivity contribution < 1.29 is 19.1 Å². The third kappa shape index (κ3) is 3.14. The second-order valence-electron chi connectivity index (χ2n) is 6.63. The zero-order valence-electron chi connectivity index (χ0n) is 15.0. The summed E-state index contributed by atoms with van der Waals surface area (Å²) in [7, 11) is 0. The lowest BCUT2D eigenvalue weighted by molar-refractivity contribution is -0.155. The molecule has 2 aromatic carbocycles. The van der Waals surface area contributed by atoms with E-state index in [0.717, 1.165) is 4.90 Å². The van der Waals surface area contributed by atoms with Gasteiger partial charge in [-0.05, 0) is 43.3 Å². The van der Waals surface area contributed by atoms with E-state index in [9.17, 15) is 14.4 Å². The molecule has 0 radical (unpaired) electrons. The highest BCUT2D eigenvalue weighted by Crippen LogP contribution is 2.56. The van der Waals surface area contributed by atoms with Gasteiger partial charge in [-0.25, -0.2) is 4.79 Å². The van der Waals surface area contributed by atoms with Gasteiger partial charge in [-0.1, -0.05) is 35.5 Å². The molecule has 0 aliphatic carbocycles. The Morgan fingerprint density at radius 2 is 1.93 bits per heavy atom. The standard InChI is InChI=1S/C20H17ClN2O4S/c1-12(18(25)22-14-8-6-13(21)7-9-14)27-19(26)20-11-10-17(24)23(20)15-4-2-3-5-16(15)28-20/h2-9,12H,10-11H2,1H3,(H,22,25)/t12-,20+/m0/s1. The van der Waals surface area contributed by atoms with Crippen molar-refractivity contribution in [2.24, 2.45) is 0 Å². The second-order valence-corrected chi connectivity index (χ2v) is 8.38. The molecule has 1 saturated heterocycles. The number of hydrogen-bond acceptors (Lipinski definition) is 5. The Morgan fingerprint density at radius 3 is 2.68 bits per heavy atom. The Bertz CT molecular complexity index is 965. The van der Waals surface area contributed by atoms with E-state index in [2.05, 4.69) is 5.32 Å². The molecule has 2 aliphatic rings. The minimum absolute atomic E-state index is 0.118. The minimum Gasteiger partial charge on any atom is -0.450 e. The van der Waals surface area contributed by atoms with Crippen LogP contribution in [0.25, 0.3) is 0 Å². The van der Waals surface area contributed by atoms with Crippen molar-refractivity contribution in [3.8, 4) is 0 Å². The number of rotatable bonds is 4. The van der Waals surface area contributed by atoms with Crippen molar-refractivity contribution in [1.29, 1.82) is 0 Å². The summed E-state index contributed by atoms with van der Waals surface area (Å²) < 4.78 is 5.48. The summed E-state index contributed by atoms with van der Waals surface area (Å²) in [6, 6.07) is 14.0. The maximum Gasteiger partial charge on any atom is 0.344 e. The monoisotopic (exact) mass is 416 g/mol. The van der Waals surface area contributed by atoms with Gasteiger partial charge in [-0.15, -0.1) is 0 Å². The molecule has 2 aliphatic heterocycles. The molecule has 0 bridgehead atoms. The Balaban J connectivity index is 1.49. The number of hydrogen-bond donors (Lipinski definition) is 1. The van der Waals surface area contributed by atoms with Crippen LogP contribution in [-0.2, 0) is 19.1 Å². The Morgan fingerprint density at radius 1 is 1.21 bits per heavy atom. The van der Waals surface area contributed by atoms with Gasteiger partial charge < -0.3 is 10.1 Å². The molecule has 0 unspecified atom stereocenters. The van der Waals surface area contributed by atoms with Gasteiger partial charge in [0.15, 0.2) is 11.0 Å². The number of fused-ring (bicyclic) bond motifs is 3. The van der Waals surface area contributed by atoms with E-state index in [0.29, 0.717) is 22.8 Å². The highest BCUT2D eigenvalue weighted by atomic mass is 35.5. The summed E-state index contributed by atoms with van der Waals surface area (Å²) in [5, 5.41) is 3.24. The van der Waals surface area contributed by atoms with E-state index >= 15 is 0 Å². The molecule has 2 heterocycles. The Kier molecular flexibility index (Phi) is 4.81.